The van der Waals surface area contributed by atoms with E-state index < -0.39 is 0 Å². The number of hydrogen-bond donors (Lipinski definition) is 1. The number of carbonyl (C=O) groups is 1. The lowest BCUT2D eigenvalue weighted by atomic mass is 10.3. The van der Waals surface area contributed by atoms with Crippen LogP contribution >= 0.6 is 35.2 Å². The summed E-state index contributed by atoms with van der Waals surface area (Å²) in [5, 5.41) is 2.26. The van der Waals surface area contributed by atoms with Crippen molar-refractivity contribution in [3.63, 3.8) is 0 Å². The molecule has 0 aliphatic heterocycles. The fraction of sp³-hybridized carbons (Fsp3) is 0.400. The van der Waals surface area contributed by atoms with Gasteiger partial charge in [0, 0.05) is 6.04 Å². The molecule has 6 heteroatoms. The third-order valence-electron chi connectivity index (χ3n) is 2.02. The summed E-state index contributed by atoms with van der Waals surface area (Å²) in [6.45, 7) is 4.11. The van der Waals surface area contributed by atoms with Crippen LogP contribution in [0.25, 0.3) is 0 Å². The van der Waals surface area contributed by atoms with E-state index in [9.17, 15) is 4.79 Å². The largest absolute Gasteiger partial charge is 0.392 e. The summed E-state index contributed by atoms with van der Waals surface area (Å²) in [4.78, 5) is 14.6. The van der Waals surface area contributed by atoms with Crippen molar-refractivity contribution in [1.82, 2.24) is 4.90 Å². The first-order chi connectivity index (χ1) is 7.43. The molecule has 0 fully saturated rings. The molecule has 0 spiro atoms. The average molecular weight is 277 g/mol. The van der Waals surface area contributed by atoms with Gasteiger partial charge < -0.3 is 10.6 Å². The van der Waals surface area contributed by atoms with Gasteiger partial charge >= 0.3 is 0 Å². The number of thiophene rings is 1. The van der Waals surface area contributed by atoms with E-state index in [1.165, 1.54) is 11.3 Å². The van der Waals surface area contributed by atoms with Crippen molar-refractivity contribution >= 4 is 46.1 Å². The highest BCUT2D eigenvalue weighted by atomic mass is 35.5. The molecule has 0 saturated heterocycles. The third-order valence-corrected chi connectivity index (χ3v) is 3.48. The zero-order chi connectivity index (χ0) is 12.3. The fourth-order valence-electron chi connectivity index (χ4n) is 1.23. The maximum absolute atomic E-state index is 12.1. The summed E-state index contributed by atoms with van der Waals surface area (Å²) >= 11 is 12.1. The topological polar surface area (TPSA) is 46.3 Å². The van der Waals surface area contributed by atoms with E-state index in [0.29, 0.717) is 14.9 Å². The highest BCUT2D eigenvalue weighted by molar-refractivity contribution is 7.80. The Morgan fingerprint density at radius 2 is 2.31 bits per heavy atom. The molecule has 1 aromatic heterocycles. The predicted molar refractivity (Wildman–Crippen MR) is 72.3 cm³/mol. The van der Waals surface area contributed by atoms with Crippen LogP contribution in [0, 0.1) is 0 Å². The molecular formula is C10H13ClN2OS2. The number of thiocarbonyl (C=S) groups is 1. The first-order valence-corrected chi connectivity index (χ1v) is 6.42. The quantitative estimate of drug-likeness (QED) is 0.860. The molecule has 0 unspecified atom stereocenters. The molecule has 16 heavy (non-hydrogen) atoms. The van der Waals surface area contributed by atoms with Crippen molar-refractivity contribution in [2.24, 2.45) is 5.73 Å². The summed E-state index contributed by atoms with van der Waals surface area (Å²) in [6.07, 6.45) is 0. The van der Waals surface area contributed by atoms with Crippen molar-refractivity contribution < 1.29 is 4.79 Å². The molecule has 1 amide bonds. The minimum atomic E-state index is -0.122. The van der Waals surface area contributed by atoms with Gasteiger partial charge in [-0.15, -0.1) is 11.3 Å². The predicted octanol–water partition coefficient (Wildman–Crippen LogP) is 2.54. The second kappa shape index (κ2) is 5.61. The Hall–Kier alpha value is -0.650. The number of hydrogen-bond acceptors (Lipinski definition) is 3. The van der Waals surface area contributed by atoms with Gasteiger partial charge in [-0.3, -0.25) is 4.79 Å². The standard InChI is InChI=1S/C10H13ClN2OS2/c1-6(2)13(5-8(12)15)10(14)9-7(11)3-4-16-9/h3-4,6H,5H2,1-2H3,(H2,12,15). The minimum absolute atomic E-state index is 0.0344. The SMILES string of the molecule is CC(C)N(CC(N)=S)C(=O)c1sccc1Cl. The smallest absolute Gasteiger partial charge is 0.266 e. The number of nitrogens with two attached hydrogens (primary N) is 1. The molecule has 0 atom stereocenters. The third kappa shape index (κ3) is 3.17. The zero-order valence-corrected chi connectivity index (χ0v) is 11.5. The highest BCUT2D eigenvalue weighted by Gasteiger charge is 2.22. The molecule has 1 aromatic rings. The van der Waals surface area contributed by atoms with E-state index in [1.807, 2.05) is 13.8 Å². The summed E-state index contributed by atoms with van der Waals surface area (Å²) < 4.78 is 0. The van der Waals surface area contributed by atoms with Crippen LogP contribution in [0.1, 0.15) is 23.5 Å². The molecule has 0 saturated carbocycles. The molecule has 88 valence electrons. The van der Waals surface area contributed by atoms with Crippen molar-refractivity contribution in [2.45, 2.75) is 19.9 Å². The number of amides is 1. The number of nitrogens with zero attached hydrogens (tertiary/aromatic N) is 1. The van der Waals surface area contributed by atoms with Crippen LogP contribution in [0.4, 0.5) is 0 Å². The Morgan fingerprint density at radius 3 is 2.69 bits per heavy atom. The van der Waals surface area contributed by atoms with Gasteiger partial charge in [-0.1, -0.05) is 23.8 Å². The zero-order valence-electron chi connectivity index (χ0n) is 9.07. The lowest BCUT2D eigenvalue weighted by Crippen LogP contribution is -2.42. The highest BCUT2D eigenvalue weighted by Crippen LogP contribution is 2.24. The van der Waals surface area contributed by atoms with Crippen LogP contribution in [0.2, 0.25) is 5.02 Å². The number of carbonyl (C=O) groups excluding carboxylic acids is 1. The fourth-order valence-corrected chi connectivity index (χ4v) is 2.46. The van der Waals surface area contributed by atoms with Crippen molar-refractivity contribution in [3.8, 4) is 0 Å². The van der Waals surface area contributed by atoms with Gasteiger partial charge in [0.25, 0.3) is 5.91 Å². The monoisotopic (exact) mass is 276 g/mol. The van der Waals surface area contributed by atoms with Gasteiger partial charge in [0.15, 0.2) is 0 Å². The molecule has 3 nitrogen and oxygen atoms in total. The summed E-state index contributed by atoms with van der Waals surface area (Å²) in [7, 11) is 0. The van der Waals surface area contributed by atoms with Gasteiger partial charge in [-0.05, 0) is 25.3 Å². The van der Waals surface area contributed by atoms with Crippen LogP contribution in [0.3, 0.4) is 0 Å². The Morgan fingerprint density at radius 1 is 1.69 bits per heavy atom. The molecule has 1 heterocycles. The van der Waals surface area contributed by atoms with Crippen LogP contribution in [-0.2, 0) is 0 Å². The van der Waals surface area contributed by atoms with E-state index in [-0.39, 0.29) is 18.5 Å². The molecule has 0 bridgehead atoms. The Balaban J connectivity index is 2.92. The first kappa shape index (κ1) is 13.4. The maximum Gasteiger partial charge on any atom is 0.266 e. The van der Waals surface area contributed by atoms with Crippen LogP contribution in [0.15, 0.2) is 11.4 Å². The summed E-state index contributed by atoms with van der Waals surface area (Å²) in [6, 6.07) is 1.74. The van der Waals surface area contributed by atoms with Crippen molar-refractivity contribution in [2.75, 3.05) is 6.54 Å². The van der Waals surface area contributed by atoms with Gasteiger partial charge in [0.05, 0.1) is 16.6 Å². The normalized spacial score (nSPS) is 10.5. The lowest BCUT2D eigenvalue weighted by Gasteiger charge is -2.25. The summed E-state index contributed by atoms with van der Waals surface area (Å²) in [5.74, 6) is -0.122. The van der Waals surface area contributed by atoms with E-state index in [1.54, 1.807) is 16.3 Å². The van der Waals surface area contributed by atoms with E-state index in [0.717, 1.165) is 0 Å². The van der Waals surface area contributed by atoms with Crippen LogP contribution < -0.4 is 5.73 Å². The van der Waals surface area contributed by atoms with Crippen LogP contribution in [0.5, 0.6) is 0 Å². The van der Waals surface area contributed by atoms with E-state index >= 15 is 0 Å². The van der Waals surface area contributed by atoms with Gasteiger partial charge in [0.1, 0.15) is 4.88 Å². The summed E-state index contributed by atoms with van der Waals surface area (Å²) in [5.41, 5.74) is 5.47. The molecule has 0 radical (unpaired) electrons. The van der Waals surface area contributed by atoms with Gasteiger partial charge in [-0.25, -0.2) is 0 Å². The first-order valence-electron chi connectivity index (χ1n) is 4.75. The number of halogens is 1. The number of rotatable bonds is 4. The van der Waals surface area contributed by atoms with Gasteiger partial charge in [-0.2, -0.15) is 0 Å². The molecule has 1 rings (SSSR count). The Bertz CT molecular complexity index is 403. The van der Waals surface area contributed by atoms with Crippen molar-refractivity contribution in [3.05, 3.63) is 21.3 Å². The average Bonchev–Trinajstić information content (AvgIpc) is 2.59. The molecule has 2 N–H and O–H groups in total. The van der Waals surface area contributed by atoms with Gasteiger partial charge in [0.2, 0.25) is 0 Å². The van der Waals surface area contributed by atoms with E-state index in [4.69, 9.17) is 29.6 Å². The molecule has 0 aliphatic carbocycles. The Kier molecular flexibility index (Phi) is 4.70. The Labute approximate surface area is 109 Å². The van der Waals surface area contributed by atoms with Crippen molar-refractivity contribution in [1.29, 1.82) is 0 Å². The van der Waals surface area contributed by atoms with Crippen LogP contribution in [-0.4, -0.2) is 28.4 Å². The minimum Gasteiger partial charge on any atom is -0.392 e. The maximum atomic E-state index is 12.1. The molecule has 0 aliphatic rings. The second-order valence-electron chi connectivity index (χ2n) is 3.59. The second-order valence-corrected chi connectivity index (χ2v) is 5.44. The van der Waals surface area contributed by atoms with E-state index in [2.05, 4.69) is 0 Å². The molecule has 0 aromatic carbocycles. The lowest BCUT2D eigenvalue weighted by molar-refractivity contribution is 0.0741. The molecular weight excluding hydrogens is 264 g/mol.